The second-order valence-electron chi connectivity index (χ2n) is 7.79. The maximum Gasteiger partial charge on any atom is 0.187 e. The Morgan fingerprint density at radius 2 is 1.61 bits per heavy atom. The van der Waals surface area contributed by atoms with Crippen LogP contribution in [0.2, 0.25) is 0 Å². The summed E-state index contributed by atoms with van der Waals surface area (Å²) in [5, 5.41) is 69.9. The zero-order chi connectivity index (χ0) is 22.4. The van der Waals surface area contributed by atoms with Crippen molar-refractivity contribution in [3.8, 4) is 28.7 Å². The number of ether oxygens (including phenoxy) is 3. The predicted octanol–water partition coefficient (Wildman–Crippen LogP) is 0.398. The molecule has 0 amide bonds. The van der Waals surface area contributed by atoms with Gasteiger partial charge in [-0.1, -0.05) is 6.07 Å². The molecule has 10 heteroatoms. The molecule has 2 aliphatic heterocycles. The van der Waals surface area contributed by atoms with Crippen LogP contribution < -0.4 is 4.74 Å². The number of hydrogen-bond donors (Lipinski definition) is 7. The smallest absolute Gasteiger partial charge is 0.187 e. The first-order chi connectivity index (χ1) is 14.7. The van der Waals surface area contributed by atoms with E-state index in [2.05, 4.69) is 0 Å². The first kappa shape index (κ1) is 21.5. The van der Waals surface area contributed by atoms with Crippen LogP contribution in [0.25, 0.3) is 0 Å². The van der Waals surface area contributed by atoms with E-state index in [-0.39, 0.29) is 35.2 Å². The summed E-state index contributed by atoms with van der Waals surface area (Å²) in [7, 11) is 0. The van der Waals surface area contributed by atoms with Crippen LogP contribution in [-0.2, 0) is 15.9 Å². The zero-order valence-corrected chi connectivity index (χ0v) is 16.5. The maximum atomic E-state index is 10.3. The van der Waals surface area contributed by atoms with Crippen LogP contribution in [0, 0.1) is 0 Å². The lowest BCUT2D eigenvalue weighted by atomic mass is 9.93. The van der Waals surface area contributed by atoms with Crippen molar-refractivity contribution in [1.82, 2.24) is 0 Å². The molecule has 7 N–H and O–H groups in total. The molecule has 0 bridgehead atoms. The lowest BCUT2D eigenvalue weighted by molar-refractivity contribution is -0.310. The Morgan fingerprint density at radius 3 is 2.32 bits per heavy atom. The summed E-state index contributed by atoms with van der Waals surface area (Å²) in [5.74, 6) is -0.941. The second kappa shape index (κ2) is 8.06. The molecular weight excluding hydrogens is 412 g/mol. The molecule has 0 unspecified atom stereocenters. The molecule has 2 aromatic rings. The third kappa shape index (κ3) is 3.95. The number of aliphatic hydroxyl groups is 3. The van der Waals surface area contributed by atoms with E-state index in [1.54, 1.807) is 0 Å². The van der Waals surface area contributed by atoms with Crippen LogP contribution in [-0.4, -0.2) is 72.6 Å². The highest BCUT2D eigenvalue weighted by Crippen LogP contribution is 2.44. The van der Waals surface area contributed by atoms with Crippen LogP contribution >= 0.6 is 0 Å². The minimum atomic E-state index is -1.55. The summed E-state index contributed by atoms with van der Waals surface area (Å²) in [5.41, 5.74) is 0.758. The van der Waals surface area contributed by atoms with E-state index in [9.17, 15) is 35.7 Å². The molecule has 0 saturated carbocycles. The van der Waals surface area contributed by atoms with E-state index >= 15 is 0 Å². The van der Waals surface area contributed by atoms with Gasteiger partial charge in [-0.15, -0.1) is 0 Å². The van der Waals surface area contributed by atoms with Crippen LogP contribution in [0.3, 0.4) is 0 Å². The van der Waals surface area contributed by atoms with Crippen LogP contribution in [0.4, 0.5) is 0 Å². The summed E-state index contributed by atoms with van der Waals surface area (Å²) >= 11 is 0. The maximum absolute atomic E-state index is 10.3. The van der Waals surface area contributed by atoms with Gasteiger partial charge in [0.25, 0.3) is 0 Å². The summed E-state index contributed by atoms with van der Waals surface area (Å²) in [4.78, 5) is 0. The van der Waals surface area contributed by atoms with Crippen LogP contribution in [0.5, 0.6) is 28.7 Å². The largest absolute Gasteiger partial charge is 0.508 e. The standard InChI is InChI=1S/C21H24O10/c1-8-17(26)18(27)19(28)21(29-8)31-16-7-11-13(24)5-10(22)6-15(11)30-20(16)9-2-3-12(23)14(25)4-9/h2-6,8,16-28H,7H2,1H3/t8-,16+,17-,18+,19+,20-,21+/m1/s1. The van der Waals surface area contributed by atoms with Gasteiger partial charge in [-0.25, -0.2) is 0 Å². The molecular formula is C21H24O10. The van der Waals surface area contributed by atoms with Crippen LogP contribution in [0.15, 0.2) is 30.3 Å². The molecule has 2 heterocycles. The van der Waals surface area contributed by atoms with E-state index in [0.717, 1.165) is 6.07 Å². The average molecular weight is 436 g/mol. The topological polar surface area (TPSA) is 169 Å². The van der Waals surface area contributed by atoms with Gasteiger partial charge in [0, 0.05) is 24.1 Å². The molecule has 1 saturated heterocycles. The van der Waals surface area contributed by atoms with Gasteiger partial charge in [-0.3, -0.25) is 0 Å². The summed E-state index contributed by atoms with van der Waals surface area (Å²) < 4.78 is 17.4. The van der Waals surface area contributed by atoms with Gasteiger partial charge in [0.2, 0.25) is 0 Å². The third-order valence-electron chi connectivity index (χ3n) is 5.61. The quantitative estimate of drug-likeness (QED) is 0.334. The highest BCUT2D eigenvalue weighted by molar-refractivity contribution is 5.52. The van der Waals surface area contributed by atoms with Crippen molar-refractivity contribution in [2.75, 3.05) is 0 Å². The highest BCUT2D eigenvalue weighted by Gasteiger charge is 2.45. The first-order valence-corrected chi connectivity index (χ1v) is 9.74. The van der Waals surface area contributed by atoms with Gasteiger partial charge in [-0.05, 0) is 24.6 Å². The lowest BCUT2D eigenvalue weighted by Crippen LogP contribution is -2.58. The Hall–Kier alpha value is -2.76. The Kier molecular flexibility index (Phi) is 5.58. The predicted molar refractivity (Wildman–Crippen MR) is 104 cm³/mol. The SMILES string of the molecule is C[C@H]1O[C@@H](O[C@H]2Cc3c(O)cc(O)cc3O[C@@H]2c2ccc(O)c(O)c2)[C@@H](O)[C@@H](O)[C@@H]1O. The number of phenolic OH excluding ortho intramolecular Hbond substituents is 4. The van der Waals surface area contributed by atoms with E-state index in [1.807, 2.05) is 0 Å². The lowest BCUT2D eigenvalue weighted by Gasteiger charge is -2.42. The molecule has 7 atom stereocenters. The third-order valence-corrected chi connectivity index (χ3v) is 5.61. The number of benzene rings is 2. The fourth-order valence-corrected chi connectivity index (χ4v) is 3.87. The molecule has 10 nitrogen and oxygen atoms in total. The van der Waals surface area contributed by atoms with E-state index in [0.29, 0.717) is 11.1 Å². The molecule has 1 fully saturated rings. The minimum Gasteiger partial charge on any atom is -0.508 e. The van der Waals surface area contributed by atoms with Crippen molar-refractivity contribution in [3.63, 3.8) is 0 Å². The zero-order valence-electron chi connectivity index (χ0n) is 16.5. The van der Waals surface area contributed by atoms with E-state index < -0.39 is 42.9 Å². The summed E-state index contributed by atoms with van der Waals surface area (Å²) in [6.45, 7) is 1.52. The Balaban J connectivity index is 1.69. The van der Waals surface area contributed by atoms with Crippen molar-refractivity contribution in [3.05, 3.63) is 41.5 Å². The number of hydrogen-bond acceptors (Lipinski definition) is 10. The molecule has 4 rings (SSSR count). The van der Waals surface area contributed by atoms with Crippen molar-refractivity contribution in [2.24, 2.45) is 0 Å². The number of rotatable bonds is 3. The Morgan fingerprint density at radius 1 is 0.871 bits per heavy atom. The summed E-state index contributed by atoms with van der Waals surface area (Å²) in [6, 6.07) is 6.54. The van der Waals surface area contributed by atoms with E-state index in [1.165, 1.54) is 31.2 Å². The van der Waals surface area contributed by atoms with Gasteiger partial charge >= 0.3 is 0 Å². The monoisotopic (exact) mass is 436 g/mol. The Bertz CT molecular complexity index is 963. The van der Waals surface area contributed by atoms with Crippen molar-refractivity contribution in [2.45, 2.75) is 56.3 Å². The van der Waals surface area contributed by atoms with Gasteiger partial charge in [0.05, 0.1) is 6.10 Å². The van der Waals surface area contributed by atoms with Gasteiger partial charge in [0.1, 0.15) is 41.7 Å². The molecule has 0 spiro atoms. The van der Waals surface area contributed by atoms with Crippen molar-refractivity contribution in [1.29, 1.82) is 0 Å². The average Bonchev–Trinajstić information content (AvgIpc) is 2.72. The minimum absolute atomic E-state index is 0.0767. The number of fused-ring (bicyclic) bond motifs is 1. The molecule has 168 valence electrons. The van der Waals surface area contributed by atoms with E-state index in [4.69, 9.17) is 14.2 Å². The highest BCUT2D eigenvalue weighted by atomic mass is 16.7. The molecule has 2 aliphatic rings. The first-order valence-electron chi connectivity index (χ1n) is 9.74. The fraction of sp³-hybridized carbons (Fsp3) is 0.429. The number of phenols is 4. The van der Waals surface area contributed by atoms with Crippen molar-refractivity contribution >= 4 is 0 Å². The molecule has 0 aliphatic carbocycles. The normalized spacial score (nSPS) is 32.8. The van der Waals surface area contributed by atoms with Gasteiger partial charge < -0.3 is 50.0 Å². The molecule has 0 aromatic heterocycles. The number of aliphatic hydroxyl groups excluding tert-OH is 3. The summed E-state index contributed by atoms with van der Waals surface area (Å²) in [6.07, 6.45) is -8.15. The number of aromatic hydroxyl groups is 4. The molecule has 0 radical (unpaired) electrons. The molecule has 31 heavy (non-hydrogen) atoms. The molecule has 2 aromatic carbocycles. The van der Waals surface area contributed by atoms with Gasteiger partial charge in [-0.2, -0.15) is 0 Å². The second-order valence-corrected chi connectivity index (χ2v) is 7.79. The Labute approximate surface area is 177 Å². The van der Waals surface area contributed by atoms with Gasteiger partial charge in [0.15, 0.2) is 23.9 Å². The fourth-order valence-electron chi connectivity index (χ4n) is 3.87. The van der Waals surface area contributed by atoms with Crippen molar-refractivity contribution < 1.29 is 50.0 Å². The van der Waals surface area contributed by atoms with Crippen LogP contribution in [0.1, 0.15) is 24.2 Å².